The molecule has 3 rings (SSSR count). The summed E-state index contributed by atoms with van der Waals surface area (Å²) in [5.41, 5.74) is 1.64. The molecule has 2 atom stereocenters. The van der Waals surface area contributed by atoms with Crippen molar-refractivity contribution in [1.29, 1.82) is 0 Å². The van der Waals surface area contributed by atoms with Crippen LogP contribution in [0.5, 0.6) is 0 Å². The first-order chi connectivity index (χ1) is 13.8. The monoisotopic (exact) mass is 417 g/mol. The van der Waals surface area contributed by atoms with Crippen molar-refractivity contribution < 1.29 is 9.59 Å². The minimum absolute atomic E-state index is 0.0674. The molecule has 3 amide bonds. The van der Waals surface area contributed by atoms with Gasteiger partial charge < -0.3 is 10.2 Å². The van der Waals surface area contributed by atoms with Gasteiger partial charge in [-0.15, -0.1) is 0 Å². The van der Waals surface area contributed by atoms with E-state index in [1.54, 1.807) is 11.3 Å². The van der Waals surface area contributed by atoms with Crippen molar-refractivity contribution in [3.8, 4) is 0 Å². The maximum Gasteiger partial charge on any atom is 0.325 e. The first-order valence-corrected chi connectivity index (χ1v) is 11.7. The predicted molar refractivity (Wildman–Crippen MR) is 119 cm³/mol. The van der Waals surface area contributed by atoms with Crippen LogP contribution in [0, 0.1) is 11.8 Å². The number of carbonyl (C=O) groups excluding carboxylic acids is 2. The van der Waals surface area contributed by atoms with Crippen LogP contribution in [0.15, 0.2) is 28.5 Å². The van der Waals surface area contributed by atoms with E-state index in [1.807, 2.05) is 23.8 Å². The molecule has 0 aromatic carbocycles. The van der Waals surface area contributed by atoms with Crippen LogP contribution >= 0.6 is 11.3 Å². The van der Waals surface area contributed by atoms with Crippen LogP contribution in [0.2, 0.25) is 0 Å². The Morgan fingerprint density at radius 2 is 2.07 bits per heavy atom. The molecule has 2 fully saturated rings. The van der Waals surface area contributed by atoms with Crippen molar-refractivity contribution in [3.05, 3.63) is 34.0 Å². The molecule has 0 unspecified atom stereocenters. The van der Waals surface area contributed by atoms with Crippen molar-refractivity contribution in [2.24, 2.45) is 11.8 Å². The number of rotatable bonds is 8. The van der Waals surface area contributed by atoms with Crippen LogP contribution < -0.4 is 5.32 Å². The first kappa shape index (κ1) is 22.0. The summed E-state index contributed by atoms with van der Waals surface area (Å²) in [6, 6.07) is 1.72. The first-order valence-electron chi connectivity index (χ1n) is 10.8. The zero-order valence-electron chi connectivity index (χ0n) is 18.2. The quantitative estimate of drug-likeness (QED) is 0.495. The lowest BCUT2D eigenvalue weighted by Crippen LogP contribution is -2.54. The van der Waals surface area contributed by atoms with Gasteiger partial charge >= 0.3 is 6.03 Å². The Balaban J connectivity index is 1.51. The third kappa shape index (κ3) is 5.28. The molecule has 1 N–H and O–H groups in total. The van der Waals surface area contributed by atoms with E-state index in [1.165, 1.54) is 16.9 Å². The van der Waals surface area contributed by atoms with E-state index < -0.39 is 5.54 Å². The largest absolute Gasteiger partial charge is 0.325 e. The highest BCUT2D eigenvalue weighted by molar-refractivity contribution is 7.07. The molecule has 2 aliphatic rings. The molecule has 1 aromatic heterocycles. The van der Waals surface area contributed by atoms with Crippen molar-refractivity contribution in [3.63, 3.8) is 0 Å². The van der Waals surface area contributed by atoms with Crippen molar-refractivity contribution in [1.82, 2.24) is 15.1 Å². The zero-order valence-corrected chi connectivity index (χ0v) is 19.1. The Morgan fingerprint density at radius 1 is 1.34 bits per heavy atom. The number of likely N-dealkylation sites (tertiary alicyclic amines) is 1. The van der Waals surface area contributed by atoms with Crippen molar-refractivity contribution >= 4 is 23.3 Å². The molecule has 3 heterocycles. The highest BCUT2D eigenvalue weighted by atomic mass is 32.1. The van der Waals surface area contributed by atoms with Gasteiger partial charge in [-0.2, -0.15) is 11.3 Å². The second kappa shape index (κ2) is 9.43. The normalized spacial score (nSPS) is 24.6. The molecule has 2 aliphatic heterocycles. The van der Waals surface area contributed by atoms with E-state index >= 15 is 0 Å². The zero-order chi connectivity index (χ0) is 21.0. The lowest BCUT2D eigenvalue weighted by atomic mass is 9.78. The SMILES string of the molecule is CC(C)=CCC[C@@H](C)CN1CCC([C@]2(C)NC(=O)N(Cc3ccsc3)C2=O)CC1. The number of nitrogens with one attached hydrogen (secondary N) is 1. The highest BCUT2D eigenvalue weighted by Crippen LogP contribution is 2.34. The third-order valence-electron chi connectivity index (χ3n) is 6.41. The number of hydrogen-bond acceptors (Lipinski definition) is 4. The number of urea groups is 1. The molecule has 29 heavy (non-hydrogen) atoms. The minimum Gasteiger partial charge on any atom is -0.323 e. The summed E-state index contributed by atoms with van der Waals surface area (Å²) in [6.45, 7) is 12.0. The Morgan fingerprint density at radius 3 is 2.69 bits per heavy atom. The average Bonchev–Trinajstić information content (AvgIpc) is 3.25. The molecular weight excluding hydrogens is 382 g/mol. The van der Waals surface area contributed by atoms with Gasteiger partial charge in [0.05, 0.1) is 6.54 Å². The predicted octanol–water partition coefficient (Wildman–Crippen LogP) is 4.65. The van der Waals surface area contributed by atoms with Gasteiger partial charge in [-0.25, -0.2) is 4.79 Å². The molecule has 0 radical (unpaired) electrons. The van der Waals surface area contributed by atoms with Gasteiger partial charge in [0.15, 0.2) is 0 Å². The summed E-state index contributed by atoms with van der Waals surface area (Å²) < 4.78 is 0. The van der Waals surface area contributed by atoms with Crippen LogP contribution in [0.3, 0.4) is 0 Å². The average molecular weight is 418 g/mol. The molecule has 1 aromatic rings. The van der Waals surface area contributed by atoms with E-state index in [0.29, 0.717) is 12.5 Å². The molecular formula is C23H35N3O2S. The summed E-state index contributed by atoms with van der Waals surface area (Å²) in [5, 5.41) is 6.99. The van der Waals surface area contributed by atoms with Crippen LogP contribution in [0.1, 0.15) is 58.9 Å². The fourth-order valence-electron chi connectivity index (χ4n) is 4.58. The summed E-state index contributed by atoms with van der Waals surface area (Å²) in [4.78, 5) is 29.5. The number of piperidine rings is 1. The van der Waals surface area contributed by atoms with Crippen LogP contribution in [0.4, 0.5) is 4.79 Å². The maximum absolute atomic E-state index is 13.1. The van der Waals surface area contributed by atoms with E-state index in [-0.39, 0.29) is 17.9 Å². The van der Waals surface area contributed by atoms with Crippen LogP contribution in [-0.2, 0) is 11.3 Å². The standard InChI is InChI=1S/C23H35N3O2S/c1-17(2)6-5-7-18(3)14-25-11-8-20(9-12-25)23(4)21(27)26(22(28)24-23)15-19-10-13-29-16-19/h6,10,13,16,18,20H,5,7-9,11-12,14-15H2,1-4H3,(H,24,28)/t18-,23+/m1/s1. The molecule has 2 saturated heterocycles. The molecule has 160 valence electrons. The molecule has 5 nitrogen and oxygen atoms in total. The number of thiophene rings is 1. The fourth-order valence-corrected chi connectivity index (χ4v) is 5.24. The highest BCUT2D eigenvalue weighted by Gasteiger charge is 2.52. The Hall–Kier alpha value is -1.66. The second-order valence-electron chi connectivity index (χ2n) is 9.19. The summed E-state index contributed by atoms with van der Waals surface area (Å²) in [7, 11) is 0. The number of carbonyl (C=O) groups is 2. The van der Waals surface area contributed by atoms with Crippen LogP contribution in [-0.4, -0.2) is 46.9 Å². The summed E-state index contributed by atoms with van der Waals surface area (Å²) in [5.74, 6) is 0.803. The van der Waals surface area contributed by atoms with Gasteiger partial charge in [-0.1, -0.05) is 18.6 Å². The molecule has 0 aliphatic carbocycles. The van der Waals surface area contributed by atoms with Gasteiger partial charge in [0.2, 0.25) is 0 Å². The van der Waals surface area contributed by atoms with E-state index in [4.69, 9.17) is 0 Å². The Kier molecular flexibility index (Phi) is 7.17. The maximum atomic E-state index is 13.1. The lowest BCUT2D eigenvalue weighted by molar-refractivity contribution is -0.133. The van der Waals surface area contributed by atoms with Crippen LogP contribution in [0.25, 0.3) is 0 Å². The second-order valence-corrected chi connectivity index (χ2v) is 9.97. The smallest absolute Gasteiger partial charge is 0.323 e. The molecule has 0 spiro atoms. The van der Waals surface area contributed by atoms with Gasteiger partial charge in [0.25, 0.3) is 5.91 Å². The number of imide groups is 1. The van der Waals surface area contributed by atoms with E-state index in [0.717, 1.165) is 44.5 Å². The number of amides is 3. The minimum atomic E-state index is -0.770. The summed E-state index contributed by atoms with van der Waals surface area (Å²) >= 11 is 1.59. The van der Waals surface area contributed by atoms with Gasteiger partial charge in [0, 0.05) is 6.54 Å². The third-order valence-corrected chi connectivity index (χ3v) is 7.14. The molecule has 0 bridgehead atoms. The molecule has 6 heteroatoms. The Labute approximate surface area is 179 Å². The topological polar surface area (TPSA) is 52.7 Å². The van der Waals surface area contributed by atoms with Gasteiger partial charge in [-0.3, -0.25) is 9.69 Å². The van der Waals surface area contributed by atoms with Crippen molar-refractivity contribution in [2.75, 3.05) is 19.6 Å². The number of nitrogens with zero attached hydrogens (tertiary/aromatic N) is 2. The van der Waals surface area contributed by atoms with E-state index in [2.05, 4.69) is 37.1 Å². The summed E-state index contributed by atoms with van der Waals surface area (Å²) in [6.07, 6.45) is 6.60. The van der Waals surface area contributed by atoms with Gasteiger partial charge in [0.1, 0.15) is 5.54 Å². The number of allylic oxidation sites excluding steroid dienone is 2. The van der Waals surface area contributed by atoms with Gasteiger partial charge in [-0.05, 0) is 93.8 Å². The van der Waals surface area contributed by atoms with E-state index in [9.17, 15) is 9.59 Å². The number of hydrogen-bond donors (Lipinski definition) is 1. The lowest BCUT2D eigenvalue weighted by Gasteiger charge is -2.39. The molecule has 0 saturated carbocycles. The Bertz CT molecular complexity index is 733. The fraction of sp³-hybridized carbons (Fsp3) is 0.652. The van der Waals surface area contributed by atoms with Crippen molar-refractivity contribution in [2.45, 2.75) is 65.5 Å².